The largest absolute Gasteiger partial charge is 0.469 e. The van der Waals surface area contributed by atoms with Crippen LogP contribution in [0.3, 0.4) is 0 Å². The topological polar surface area (TPSA) is 81.6 Å². The Morgan fingerprint density at radius 2 is 1.95 bits per heavy atom. The van der Waals surface area contributed by atoms with E-state index in [1.165, 1.54) is 13.2 Å². The monoisotopic (exact) mass is 327 g/mol. The van der Waals surface area contributed by atoms with Crippen molar-refractivity contribution < 1.29 is 19.1 Å². The Hall–Kier alpha value is -1.89. The average Bonchev–Trinajstić information content (AvgIpc) is 2.36. The first-order valence-corrected chi connectivity index (χ1v) is 7.18. The van der Waals surface area contributed by atoms with Gasteiger partial charge in [0.15, 0.2) is 11.0 Å². The van der Waals surface area contributed by atoms with Gasteiger partial charge in [-0.15, -0.1) is 10.2 Å². The highest BCUT2D eigenvalue weighted by Gasteiger charge is 2.37. The molecule has 1 aromatic rings. The van der Waals surface area contributed by atoms with Crippen molar-refractivity contribution in [2.75, 3.05) is 25.1 Å². The molecule has 0 aliphatic carbocycles. The molecule has 22 heavy (non-hydrogen) atoms. The molecule has 2 rings (SSSR count). The van der Waals surface area contributed by atoms with Crippen molar-refractivity contribution in [3.05, 3.63) is 16.8 Å². The molecule has 7 nitrogen and oxygen atoms in total. The zero-order chi connectivity index (χ0) is 16.5. The third-order valence-electron chi connectivity index (χ3n) is 3.08. The molecule has 0 saturated carbocycles. The smallest absolute Gasteiger partial charge is 0.342 e. The summed E-state index contributed by atoms with van der Waals surface area (Å²) in [6.45, 7) is 6.16. The highest BCUT2D eigenvalue weighted by Crippen LogP contribution is 2.28. The van der Waals surface area contributed by atoms with E-state index in [-0.39, 0.29) is 22.6 Å². The molecule has 2 heterocycles. The summed E-state index contributed by atoms with van der Waals surface area (Å²) in [6.07, 6.45) is 0. The van der Waals surface area contributed by atoms with Crippen LogP contribution in [-0.2, 0) is 14.3 Å². The molecule has 120 valence electrons. The van der Waals surface area contributed by atoms with E-state index in [0.29, 0.717) is 18.9 Å². The van der Waals surface area contributed by atoms with Crippen molar-refractivity contribution in [2.45, 2.75) is 26.4 Å². The average molecular weight is 328 g/mol. The van der Waals surface area contributed by atoms with Crippen molar-refractivity contribution >= 4 is 29.4 Å². The Labute approximate surface area is 133 Å². The number of carbonyl (C=O) groups excluding carboxylic acids is 2. The summed E-state index contributed by atoms with van der Waals surface area (Å²) >= 11 is 5.83. The van der Waals surface area contributed by atoms with Crippen LogP contribution >= 0.6 is 11.6 Å². The SMILES string of the molecule is COC(=O)C1CN(c2nnc(Cl)cc2C(=O)OC(C)(C)C)C1. The standard InChI is InChI=1S/C14H18ClN3O4/c1-14(2,3)22-13(20)9-5-10(15)16-17-11(9)18-6-8(7-18)12(19)21-4/h5,8H,6-7H2,1-4H3. The van der Waals surface area contributed by atoms with E-state index in [1.54, 1.807) is 25.7 Å². The summed E-state index contributed by atoms with van der Waals surface area (Å²) in [5, 5.41) is 7.83. The maximum absolute atomic E-state index is 12.3. The lowest BCUT2D eigenvalue weighted by molar-refractivity contribution is -0.146. The third-order valence-corrected chi connectivity index (χ3v) is 3.26. The Balaban J connectivity index is 2.19. The second kappa shape index (κ2) is 6.08. The van der Waals surface area contributed by atoms with Gasteiger partial charge in [-0.25, -0.2) is 4.79 Å². The van der Waals surface area contributed by atoms with Crippen LogP contribution < -0.4 is 4.90 Å². The van der Waals surface area contributed by atoms with Gasteiger partial charge in [-0.2, -0.15) is 0 Å². The second-order valence-corrected chi connectivity index (χ2v) is 6.42. The van der Waals surface area contributed by atoms with Crippen LogP contribution in [-0.4, -0.2) is 47.9 Å². The highest BCUT2D eigenvalue weighted by molar-refractivity contribution is 6.29. The van der Waals surface area contributed by atoms with Gasteiger partial charge in [0.1, 0.15) is 11.2 Å². The van der Waals surface area contributed by atoms with Crippen LogP contribution in [0, 0.1) is 5.92 Å². The molecule has 0 amide bonds. The maximum Gasteiger partial charge on any atom is 0.342 e. The predicted octanol–water partition coefficient (Wildman–Crippen LogP) is 1.69. The molecule has 0 N–H and O–H groups in total. The van der Waals surface area contributed by atoms with Crippen LogP contribution in [0.2, 0.25) is 5.15 Å². The van der Waals surface area contributed by atoms with Gasteiger partial charge < -0.3 is 14.4 Å². The van der Waals surface area contributed by atoms with E-state index in [2.05, 4.69) is 14.9 Å². The number of anilines is 1. The zero-order valence-electron chi connectivity index (χ0n) is 12.9. The lowest BCUT2D eigenvalue weighted by Gasteiger charge is -2.38. The summed E-state index contributed by atoms with van der Waals surface area (Å²) in [6, 6.07) is 1.42. The molecule has 8 heteroatoms. The lowest BCUT2D eigenvalue weighted by Crippen LogP contribution is -2.51. The van der Waals surface area contributed by atoms with E-state index >= 15 is 0 Å². The van der Waals surface area contributed by atoms with Gasteiger partial charge in [-0.05, 0) is 26.8 Å². The maximum atomic E-state index is 12.3. The lowest BCUT2D eigenvalue weighted by atomic mass is 10.00. The number of nitrogens with zero attached hydrogens (tertiary/aromatic N) is 3. The zero-order valence-corrected chi connectivity index (χ0v) is 13.7. The highest BCUT2D eigenvalue weighted by atomic mass is 35.5. The number of ether oxygens (including phenoxy) is 2. The molecule has 0 radical (unpaired) electrons. The van der Waals surface area contributed by atoms with Gasteiger partial charge in [0.05, 0.1) is 13.0 Å². The molecule has 1 aromatic heterocycles. The first-order chi connectivity index (χ1) is 10.2. The van der Waals surface area contributed by atoms with Crippen molar-refractivity contribution in [2.24, 2.45) is 5.92 Å². The molecule has 1 saturated heterocycles. The third kappa shape index (κ3) is 3.65. The fourth-order valence-electron chi connectivity index (χ4n) is 2.05. The quantitative estimate of drug-likeness (QED) is 0.781. The predicted molar refractivity (Wildman–Crippen MR) is 79.9 cm³/mol. The number of rotatable bonds is 3. The van der Waals surface area contributed by atoms with Crippen molar-refractivity contribution in [3.63, 3.8) is 0 Å². The van der Waals surface area contributed by atoms with Gasteiger partial charge in [0.25, 0.3) is 0 Å². The summed E-state index contributed by atoms with van der Waals surface area (Å²) in [5.41, 5.74) is -0.397. The van der Waals surface area contributed by atoms with Crippen LogP contribution in [0.25, 0.3) is 0 Å². The molecule has 0 aromatic carbocycles. The van der Waals surface area contributed by atoms with Crippen LogP contribution in [0.1, 0.15) is 31.1 Å². The van der Waals surface area contributed by atoms with Crippen LogP contribution in [0.15, 0.2) is 6.07 Å². The first kappa shape index (κ1) is 16.5. The molecule has 0 unspecified atom stereocenters. The minimum absolute atomic E-state index is 0.106. The molecule has 1 fully saturated rings. The second-order valence-electron chi connectivity index (χ2n) is 6.03. The fraction of sp³-hybridized carbons (Fsp3) is 0.571. The molecule has 0 atom stereocenters. The number of hydrogen-bond acceptors (Lipinski definition) is 7. The number of halogens is 1. The summed E-state index contributed by atoms with van der Waals surface area (Å²) in [5.74, 6) is -0.675. The number of carbonyl (C=O) groups is 2. The molecule has 0 spiro atoms. The van der Waals surface area contributed by atoms with Gasteiger partial charge in [0.2, 0.25) is 0 Å². The van der Waals surface area contributed by atoms with E-state index in [9.17, 15) is 9.59 Å². The van der Waals surface area contributed by atoms with E-state index in [1.807, 2.05) is 0 Å². The van der Waals surface area contributed by atoms with E-state index in [4.69, 9.17) is 16.3 Å². The summed E-state index contributed by atoms with van der Waals surface area (Å²) in [7, 11) is 1.35. The normalized spacial score (nSPS) is 15.2. The van der Waals surface area contributed by atoms with Crippen LogP contribution in [0.4, 0.5) is 5.82 Å². The first-order valence-electron chi connectivity index (χ1n) is 6.80. The minimum Gasteiger partial charge on any atom is -0.469 e. The molecule has 0 bridgehead atoms. The van der Waals surface area contributed by atoms with Crippen molar-refractivity contribution in [1.82, 2.24) is 10.2 Å². The summed E-state index contributed by atoms with van der Waals surface area (Å²) in [4.78, 5) is 25.5. The number of methoxy groups -OCH3 is 1. The van der Waals surface area contributed by atoms with Crippen LogP contribution in [0.5, 0.6) is 0 Å². The van der Waals surface area contributed by atoms with Gasteiger partial charge in [0, 0.05) is 13.1 Å². The van der Waals surface area contributed by atoms with E-state index in [0.717, 1.165) is 0 Å². The van der Waals surface area contributed by atoms with Gasteiger partial charge in [-0.3, -0.25) is 4.79 Å². The Kier molecular flexibility index (Phi) is 4.55. The number of esters is 2. The number of aromatic nitrogens is 2. The van der Waals surface area contributed by atoms with E-state index < -0.39 is 11.6 Å². The van der Waals surface area contributed by atoms with Crippen molar-refractivity contribution in [3.8, 4) is 0 Å². The minimum atomic E-state index is -0.631. The Bertz CT molecular complexity index is 594. The molecular formula is C14H18ClN3O4. The Morgan fingerprint density at radius 1 is 1.32 bits per heavy atom. The fourth-order valence-corrected chi connectivity index (χ4v) is 2.19. The van der Waals surface area contributed by atoms with Gasteiger partial charge in [-0.1, -0.05) is 11.6 Å². The van der Waals surface area contributed by atoms with Gasteiger partial charge >= 0.3 is 11.9 Å². The molecular weight excluding hydrogens is 310 g/mol. The number of hydrogen-bond donors (Lipinski definition) is 0. The summed E-state index contributed by atoms with van der Waals surface area (Å²) < 4.78 is 10.0. The molecule has 1 aliphatic heterocycles. The molecule has 1 aliphatic rings. The van der Waals surface area contributed by atoms with Crippen molar-refractivity contribution in [1.29, 1.82) is 0 Å². The Morgan fingerprint density at radius 3 is 2.50 bits per heavy atom.